The average Bonchev–Trinajstić information content (AvgIpc) is 3.39. The van der Waals surface area contributed by atoms with Crippen LogP contribution in [0.4, 0.5) is 16.2 Å². The Balaban J connectivity index is 1.19. The Morgan fingerprint density at radius 1 is 0.903 bits per heavy atom. The molecule has 7 heteroatoms. The molecule has 3 aliphatic rings. The predicted octanol–water partition coefficient (Wildman–Crippen LogP) is 4.61. The van der Waals surface area contributed by atoms with Gasteiger partial charge in [0.1, 0.15) is 0 Å². The van der Waals surface area contributed by atoms with Crippen LogP contribution >= 0.6 is 0 Å². The Hall–Kier alpha value is -3.22. The summed E-state index contributed by atoms with van der Waals surface area (Å²) in [5.41, 5.74) is 1.44. The highest BCUT2D eigenvalue weighted by Crippen LogP contribution is 2.47. The number of nitrogens with zero attached hydrogens (tertiary/aromatic N) is 1. The second-order valence-electron chi connectivity index (χ2n) is 8.55. The van der Waals surface area contributed by atoms with Crippen molar-refractivity contribution in [3.8, 4) is 11.5 Å². The lowest BCUT2D eigenvalue weighted by atomic mass is 9.97. The Kier molecular flexibility index (Phi) is 5.18. The largest absolute Gasteiger partial charge is 0.448 e. The number of hydrogen-bond donors (Lipinski definition) is 2. The molecule has 1 saturated carbocycles. The number of likely N-dealkylation sites (tertiary alicyclic amines) is 1. The quantitative estimate of drug-likeness (QED) is 0.758. The predicted molar refractivity (Wildman–Crippen MR) is 117 cm³/mol. The maximum Gasteiger partial charge on any atom is 0.321 e. The molecule has 0 aromatic heterocycles. The van der Waals surface area contributed by atoms with Crippen molar-refractivity contribution in [3.05, 3.63) is 48.5 Å². The second-order valence-corrected chi connectivity index (χ2v) is 8.55. The SMILES string of the molecule is O=C(Nc1ccc2c(c1)OC1(CCCC1)O2)[C@@H]1CCCN(C(=O)Nc2ccccc2)C1. The van der Waals surface area contributed by atoms with Gasteiger partial charge in [-0.3, -0.25) is 4.79 Å². The van der Waals surface area contributed by atoms with E-state index < -0.39 is 5.79 Å². The van der Waals surface area contributed by atoms with Crippen molar-refractivity contribution in [1.29, 1.82) is 0 Å². The molecule has 2 heterocycles. The molecule has 1 atom stereocenters. The summed E-state index contributed by atoms with van der Waals surface area (Å²) in [6, 6.07) is 14.7. The molecule has 2 aliphatic heterocycles. The minimum absolute atomic E-state index is 0.0772. The summed E-state index contributed by atoms with van der Waals surface area (Å²) in [6.45, 7) is 1.05. The van der Waals surface area contributed by atoms with E-state index in [9.17, 15) is 9.59 Å². The van der Waals surface area contributed by atoms with E-state index in [1.165, 1.54) is 0 Å². The van der Waals surface area contributed by atoms with Crippen LogP contribution in [0.25, 0.3) is 0 Å². The lowest BCUT2D eigenvalue weighted by Crippen LogP contribution is -2.45. The molecule has 0 radical (unpaired) electrons. The van der Waals surface area contributed by atoms with Crippen molar-refractivity contribution in [2.24, 2.45) is 5.92 Å². The molecule has 1 saturated heterocycles. The summed E-state index contributed by atoms with van der Waals surface area (Å²) in [5, 5.41) is 5.89. The van der Waals surface area contributed by atoms with Gasteiger partial charge in [0.2, 0.25) is 5.91 Å². The highest BCUT2D eigenvalue weighted by Gasteiger charge is 2.44. The fourth-order valence-electron chi connectivity index (χ4n) is 4.63. The first kappa shape index (κ1) is 19.7. The van der Waals surface area contributed by atoms with E-state index in [2.05, 4.69) is 10.6 Å². The van der Waals surface area contributed by atoms with E-state index in [-0.39, 0.29) is 17.9 Å². The minimum Gasteiger partial charge on any atom is -0.448 e. The number of carbonyl (C=O) groups is 2. The monoisotopic (exact) mass is 421 g/mol. The number of anilines is 2. The van der Waals surface area contributed by atoms with Gasteiger partial charge in [-0.25, -0.2) is 4.79 Å². The highest BCUT2D eigenvalue weighted by atomic mass is 16.7. The van der Waals surface area contributed by atoms with E-state index in [0.29, 0.717) is 24.5 Å². The maximum absolute atomic E-state index is 12.9. The molecule has 2 fully saturated rings. The van der Waals surface area contributed by atoms with Crippen LogP contribution in [0.15, 0.2) is 48.5 Å². The van der Waals surface area contributed by atoms with Crippen LogP contribution in [0, 0.1) is 5.92 Å². The van der Waals surface area contributed by atoms with E-state index in [1.807, 2.05) is 48.5 Å². The number of amides is 3. The van der Waals surface area contributed by atoms with Crippen molar-refractivity contribution in [1.82, 2.24) is 4.90 Å². The standard InChI is InChI=1S/C24H27N3O4/c28-22(17-7-6-14-27(16-17)23(29)26-18-8-2-1-3-9-18)25-19-10-11-20-21(15-19)31-24(30-20)12-4-5-13-24/h1-3,8-11,15,17H,4-7,12-14,16H2,(H,25,28)(H,26,29)/t17-/m1/s1. The number of urea groups is 1. The summed E-state index contributed by atoms with van der Waals surface area (Å²) in [7, 11) is 0. The first-order chi connectivity index (χ1) is 15.1. The Labute approximate surface area is 181 Å². The van der Waals surface area contributed by atoms with Gasteiger partial charge in [-0.2, -0.15) is 0 Å². The molecule has 1 spiro atoms. The molecule has 5 rings (SSSR count). The zero-order valence-electron chi connectivity index (χ0n) is 17.4. The zero-order chi connectivity index (χ0) is 21.3. The van der Waals surface area contributed by atoms with E-state index in [1.54, 1.807) is 4.90 Å². The number of hydrogen-bond acceptors (Lipinski definition) is 4. The first-order valence-electron chi connectivity index (χ1n) is 11.0. The van der Waals surface area contributed by atoms with Crippen LogP contribution in [-0.2, 0) is 4.79 Å². The maximum atomic E-state index is 12.9. The molecule has 3 amide bonds. The first-order valence-corrected chi connectivity index (χ1v) is 11.0. The molecule has 0 bridgehead atoms. The zero-order valence-corrected chi connectivity index (χ0v) is 17.4. The smallest absolute Gasteiger partial charge is 0.321 e. The van der Waals surface area contributed by atoms with Crippen LogP contribution in [0.3, 0.4) is 0 Å². The summed E-state index contributed by atoms with van der Waals surface area (Å²) in [6.07, 6.45) is 5.55. The second kappa shape index (κ2) is 8.13. The van der Waals surface area contributed by atoms with Gasteiger partial charge in [0, 0.05) is 43.4 Å². The van der Waals surface area contributed by atoms with Gasteiger partial charge in [-0.05, 0) is 49.9 Å². The van der Waals surface area contributed by atoms with Gasteiger partial charge in [-0.15, -0.1) is 0 Å². The minimum atomic E-state index is -0.513. The highest BCUT2D eigenvalue weighted by molar-refractivity contribution is 5.94. The fourth-order valence-corrected chi connectivity index (χ4v) is 4.63. The fraction of sp³-hybridized carbons (Fsp3) is 0.417. The van der Waals surface area contributed by atoms with Crippen molar-refractivity contribution in [3.63, 3.8) is 0 Å². The third-order valence-electron chi connectivity index (χ3n) is 6.27. The average molecular weight is 421 g/mol. The van der Waals surface area contributed by atoms with Gasteiger partial charge in [0.25, 0.3) is 5.79 Å². The summed E-state index contributed by atoms with van der Waals surface area (Å²) in [5.74, 6) is 0.586. The lowest BCUT2D eigenvalue weighted by Gasteiger charge is -2.32. The van der Waals surface area contributed by atoms with Gasteiger partial charge in [0.05, 0.1) is 5.92 Å². The van der Waals surface area contributed by atoms with Crippen LogP contribution in [-0.4, -0.2) is 35.7 Å². The van der Waals surface area contributed by atoms with Crippen molar-refractivity contribution in [2.75, 3.05) is 23.7 Å². The molecule has 0 unspecified atom stereocenters. The normalized spacial score (nSPS) is 21.2. The number of nitrogens with one attached hydrogen (secondary N) is 2. The lowest BCUT2D eigenvalue weighted by molar-refractivity contribution is -0.121. The van der Waals surface area contributed by atoms with Crippen molar-refractivity contribution < 1.29 is 19.1 Å². The molecule has 2 aromatic rings. The molecule has 31 heavy (non-hydrogen) atoms. The number of benzene rings is 2. The topological polar surface area (TPSA) is 79.9 Å². The van der Waals surface area contributed by atoms with Crippen LogP contribution < -0.4 is 20.1 Å². The molecule has 162 valence electrons. The van der Waals surface area contributed by atoms with Crippen LogP contribution in [0.5, 0.6) is 11.5 Å². The molecule has 2 N–H and O–H groups in total. The third-order valence-corrected chi connectivity index (χ3v) is 6.27. The van der Waals surface area contributed by atoms with E-state index >= 15 is 0 Å². The number of piperidine rings is 1. The Bertz CT molecular complexity index is 972. The molecule has 7 nitrogen and oxygen atoms in total. The van der Waals surface area contributed by atoms with Gasteiger partial charge in [-0.1, -0.05) is 18.2 Å². The van der Waals surface area contributed by atoms with Gasteiger partial charge >= 0.3 is 6.03 Å². The molecule has 1 aliphatic carbocycles. The number of para-hydroxylation sites is 1. The van der Waals surface area contributed by atoms with Crippen molar-refractivity contribution >= 4 is 23.3 Å². The van der Waals surface area contributed by atoms with Crippen molar-refractivity contribution in [2.45, 2.75) is 44.3 Å². The summed E-state index contributed by atoms with van der Waals surface area (Å²) < 4.78 is 12.1. The Morgan fingerprint density at radius 2 is 1.68 bits per heavy atom. The Morgan fingerprint density at radius 3 is 2.48 bits per heavy atom. The number of fused-ring (bicyclic) bond motifs is 1. The molecular weight excluding hydrogens is 394 g/mol. The van der Waals surface area contributed by atoms with E-state index in [4.69, 9.17) is 9.47 Å². The van der Waals surface area contributed by atoms with Gasteiger partial charge < -0.3 is 25.0 Å². The number of carbonyl (C=O) groups excluding carboxylic acids is 2. The van der Waals surface area contributed by atoms with Crippen LogP contribution in [0.2, 0.25) is 0 Å². The van der Waals surface area contributed by atoms with E-state index in [0.717, 1.165) is 50.0 Å². The molecular formula is C24H27N3O4. The number of ether oxygens (including phenoxy) is 2. The summed E-state index contributed by atoms with van der Waals surface area (Å²) >= 11 is 0. The van der Waals surface area contributed by atoms with Gasteiger partial charge in [0.15, 0.2) is 11.5 Å². The molecule has 2 aromatic carbocycles. The summed E-state index contributed by atoms with van der Waals surface area (Å²) in [4.78, 5) is 27.2. The third kappa shape index (κ3) is 4.17. The number of rotatable bonds is 3. The van der Waals surface area contributed by atoms with Crippen LogP contribution in [0.1, 0.15) is 38.5 Å².